The van der Waals surface area contributed by atoms with Gasteiger partial charge in [-0.2, -0.15) is 5.10 Å². The maximum atomic E-state index is 13.2. The monoisotopic (exact) mass is 410 g/mol. The normalized spacial score (nSPS) is 11.4. The van der Waals surface area contributed by atoms with Crippen molar-refractivity contribution >= 4 is 11.7 Å². The minimum atomic E-state index is -0.348. The number of rotatable bonds is 7. The summed E-state index contributed by atoms with van der Waals surface area (Å²) in [6.45, 7) is 3.83. The SMILES string of the molecule is Cc1cc(C)n(-c2ccc(/C(N)=N\OCC(=O)N(C)Cc3cccc(F)c3)cn2)n1. The fourth-order valence-electron chi connectivity index (χ4n) is 2.84. The second kappa shape index (κ2) is 9.17. The number of aromatic nitrogens is 3. The summed E-state index contributed by atoms with van der Waals surface area (Å²) in [6.07, 6.45) is 1.56. The highest BCUT2D eigenvalue weighted by Gasteiger charge is 2.11. The lowest BCUT2D eigenvalue weighted by Crippen LogP contribution is -2.29. The molecule has 30 heavy (non-hydrogen) atoms. The molecule has 0 aliphatic rings. The maximum absolute atomic E-state index is 13.2. The van der Waals surface area contributed by atoms with Gasteiger partial charge in [-0.15, -0.1) is 0 Å². The highest BCUT2D eigenvalue weighted by Crippen LogP contribution is 2.10. The van der Waals surface area contributed by atoms with Gasteiger partial charge >= 0.3 is 0 Å². The number of aryl methyl sites for hydroxylation is 2. The lowest BCUT2D eigenvalue weighted by atomic mass is 10.2. The van der Waals surface area contributed by atoms with Gasteiger partial charge in [-0.25, -0.2) is 14.1 Å². The third-order valence-electron chi connectivity index (χ3n) is 4.36. The number of hydrogen-bond donors (Lipinski definition) is 1. The van der Waals surface area contributed by atoms with E-state index in [4.69, 9.17) is 10.6 Å². The second-order valence-corrected chi connectivity index (χ2v) is 6.87. The quantitative estimate of drug-likeness (QED) is 0.366. The van der Waals surface area contributed by atoms with Gasteiger partial charge in [0.2, 0.25) is 0 Å². The van der Waals surface area contributed by atoms with E-state index < -0.39 is 0 Å². The number of benzene rings is 1. The molecule has 2 heterocycles. The predicted molar refractivity (Wildman–Crippen MR) is 110 cm³/mol. The summed E-state index contributed by atoms with van der Waals surface area (Å²) in [5, 5.41) is 8.17. The number of oxime groups is 1. The lowest BCUT2D eigenvalue weighted by molar-refractivity contribution is -0.135. The standard InChI is InChI=1S/C21H23FN6O2/c1-14-9-15(2)28(25-14)19-8-7-17(11-24-19)21(23)26-30-13-20(29)27(3)12-16-5-4-6-18(22)10-16/h4-11H,12-13H2,1-3H3,(H2,23,26). The molecule has 8 nitrogen and oxygen atoms in total. The molecule has 2 N–H and O–H groups in total. The van der Waals surface area contributed by atoms with Crippen LogP contribution in [0.25, 0.3) is 5.82 Å². The van der Waals surface area contributed by atoms with Gasteiger partial charge in [0.25, 0.3) is 5.91 Å². The number of halogens is 1. The number of nitrogens with two attached hydrogens (primary N) is 1. The molecule has 2 aromatic heterocycles. The number of amidine groups is 1. The molecule has 3 aromatic rings. The molecule has 0 saturated carbocycles. The van der Waals surface area contributed by atoms with Gasteiger partial charge in [0.1, 0.15) is 5.82 Å². The molecular weight excluding hydrogens is 387 g/mol. The number of carbonyl (C=O) groups excluding carboxylic acids is 1. The zero-order valence-corrected chi connectivity index (χ0v) is 17.0. The van der Waals surface area contributed by atoms with Crippen molar-refractivity contribution in [3.8, 4) is 5.82 Å². The Morgan fingerprint density at radius 3 is 2.70 bits per heavy atom. The van der Waals surface area contributed by atoms with Crippen LogP contribution in [0.4, 0.5) is 4.39 Å². The number of likely N-dealkylation sites (N-methyl/N-ethyl adjacent to an activating group) is 1. The minimum absolute atomic E-state index is 0.100. The number of nitrogens with zero attached hydrogens (tertiary/aromatic N) is 5. The first-order valence-corrected chi connectivity index (χ1v) is 9.27. The average molecular weight is 410 g/mol. The fraction of sp³-hybridized carbons (Fsp3) is 0.238. The van der Waals surface area contributed by atoms with E-state index in [9.17, 15) is 9.18 Å². The predicted octanol–water partition coefficient (Wildman–Crippen LogP) is 2.32. The van der Waals surface area contributed by atoms with Crippen LogP contribution >= 0.6 is 0 Å². The van der Waals surface area contributed by atoms with E-state index in [0.29, 0.717) is 16.9 Å². The van der Waals surface area contributed by atoms with E-state index in [-0.39, 0.29) is 30.7 Å². The molecule has 0 atom stereocenters. The molecule has 1 aromatic carbocycles. The first kappa shape index (κ1) is 21.0. The van der Waals surface area contributed by atoms with E-state index in [2.05, 4.69) is 15.2 Å². The van der Waals surface area contributed by atoms with Crippen LogP contribution in [0, 0.1) is 19.7 Å². The van der Waals surface area contributed by atoms with E-state index in [1.807, 2.05) is 19.9 Å². The Bertz CT molecular complexity index is 1060. The zero-order chi connectivity index (χ0) is 21.7. The Kier molecular flexibility index (Phi) is 6.41. The summed E-state index contributed by atoms with van der Waals surface area (Å²) >= 11 is 0. The van der Waals surface area contributed by atoms with Crippen molar-refractivity contribution in [2.75, 3.05) is 13.7 Å². The Hall–Kier alpha value is -3.75. The minimum Gasteiger partial charge on any atom is -0.384 e. The summed E-state index contributed by atoms with van der Waals surface area (Å²) in [6, 6.07) is 11.6. The van der Waals surface area contributed by atoms with Crippen LogP contribution in [0.15, 0.2) is 53.8 Å². The van der Waals surface area contributed by atoms with Gasteiger partial charge in [-0.1, -0.05) is 17.3 Å². The van der Waals surface area contributed by atoms with E-state index >= 15 is 0 Å². The van der Waals surface area contributed by atoms with Crippen molar-refractivity contribution in [1.29, 1.82) is 0 Å². The average Bonchev–Trinajstić information content (AvgIpc) is 3.06. The lowest BCUT2D eigenvalue weighted by Gasteiger charge is -2.16. The van der Waals surface area contributed by atoms with Crippen LogP contribution in [-0.2, 0) is 16.2 Å². The van der Waals surface area contributed by atoms with Crippen LogP contribution in [0.2, 0.25) is 0 Å². The van der Waals surface area contributed by atoms with Crippen molar-refractivity contribution < 1.29 is 14.0 Å². The maximum Gasteiger partial charge on any atom is 0.263 e. The molecule has 1 amide bonds. The molecule has 3 rings (SSSR count). The fourth-order valence-corrected chi connectivity index (χ4v) is 2.84. The van der Waals surface area contributed by atoms with Crippen LogP contribution in [0.5, 0.6) is 0 Å². The molecule has 9 heteroatoms. The Morgan fingerprint density at radius 1 is 1.27 bits per heavy atom. The molecule has 0 saturated heterocycles. The first-order chi connectivity index (χ1) is 14.3. The molecule has 0 aliphatic carbocycles. The Morgan fingerprint density at radius 2 is 2.07 bits per heavy atom. The number of amides is 1. The van der Waals surface area contributed by atoms with E-state index in [0.717, 1.165) is 11.4 Å². The van der Waals surface area contributed by atoms with Gasteiger partial charge in [0.15, 0.2) is 18.3 Å². The summed E-state index contributed by atoms with van der Waals surface area (Å²) in [7, 11) is 1.60. The van der Waals surface area contributed by atoms with Crippen molar-refractivity contribution in [1.82, 2.24) is 19.7 Å². The van der Waals surface area contributed by atoms with Gasteiger partial charge in [0, 0.05) is 31.0 Å². The molecule has 0 unspecified atom stereocenters. The summed E-state index contributed by atoms with van der Waals surface area (Å²) in [4.78, 5) is 23.0. The van der Waals surface area contributed by atoms with Gasteiger partial charge in [-0.05, 0) is 49.7 Å². The van der Waals surface area contributed by atoms with Gasteiger partial charge in [0.05, 0.1) is 5.69 Å². The van der Waals surface area contributed by atoms with Crippen molar-refractivity contribution in [3.05, 3.63) is 77.0 Å². The number of carbonyl (C=O) groups is 1. The third-order valence-corrected chi connectivity index (χ3v) is 4.36. The topological polar surface area (TPSA) is 98.6 Å². The van der Waals surface area contributed by atoms with Crippen molar-refractivity contribution in [2.24, 2.45) is 10.9 Å². The smallest absolute Gasteiger partial charge is 0.263 e. The zero-order valence-electron chi connectivity index (χ0n) is 17.0. The molecule has 156 valence electrons. The van der Waals surface area contributed by atoms with Gasteiger partial charge in [-0.3, -0.25) is 4.79 Å². The van der Waals surface area contributed by atoms with Crippen molar-refractivity contribution in [2.45, 2.75) is 20.4 Å². The molecule has 0 radical (unpaired) electrons. The van der Waals surface area contributed by atoms with Crippen LogP contribution < -0.4 is 5.73 Å². The molecule has 0 bridgehead atoms. The molecule has 0 aliphatic heterocycles. The second-order valence-electron chi connectivity index (χ2n) is 6.87. The summed E-state index contributed by atoms with van der Waals surface area (Å²) < 4.78 is 15.0. The highest BCUT2D eigenvalue weighted by molar-refractivity contribution is 5.96. The summed E-state index contributed by atoms with van der Waals surface area (Å²) in [5.41, 5.74) is 9.03. The Balaban J connectivity index is 1.55. The van der Waals surface area contributed by atoms with Crippen LogP contribution in [0.3, 0.4) is 0 Å². The molecule has 0 fully saturated rings. The Labute approximate surface area is 173 Å². The third kappa shape index (κ3) is 5.19. The highest BCUT2D eigenvalue weighted by atomic mass is 19.1. The number of hydrogen-bond acceptors (Lipinski definition) is 5. The molecular formula is C21H23FN6O2. The first-order valence-electron chi connectivity index (χ1n) is 9.27. The molecule has 0 spiro atoms. The van der Waals surface area contributed by atoms with Crippen LogP contribution in [-0.4, -0.2) is 45.1 Å². The summed E-state index contributed by atoms with van der Waals surface area (Å²) in [5.74, 6) is 0.100. The van der Waals surface area contributed by atoms with Gasteiger partial charge < -0.3 is 15.5 Å². The van der Waals surface area contributed by atoms with Crippen molar-refractivity contribution in [3.63, 3.8) is 0 Å². The number of pyridine rings is 1. The van der Waals surface area contributed by atoms with Crippen LogP contribution in [0.1, 0.15) is 22.5 Å². The van der Waals surface area contributed by atoms with E-state index in [1.54, 1.807) is 42.2 Å². The van der Waals surface area contributed by atoms with E-state index in [1.165, 1.54) is 17.0 Å². The largest absolute Gasteiger partial charge is 0.384 e.